The first-order valence-corrected chi connectivity index (χ1v) is 8.79. The van der Waals surface area contributed by atoms with Crippen molar-refractivity contribution >= 4 is 5.91 Å². The van der Waals surface area contributed by atoms with Crippen LogP contribution >= 0.6 is 0 Å². The number of nitrogens with zero attached hydrogens (tertiary/aromatic N) is 2. The van der Waals surface area contributed by atoms with E-state index in [1.165, 1.54) is 25.7 Å². The number of rotatable bonds is 5. The SMILES string of the molecule is CC(C)OCCN1CCC(C(=O)N2CCCCCC2)CC1. The van der Waals surface area contributed by atoms with Crippen LogP contribution in [0, 0.1) is 5.92 Å². The van der Waals surface area contributed by atoms with Crippen LogP contribution in [-0.2, 0) is 9.53 Å². The molecule has 0 radical (unpaired) electrons. The molecule has 122 valence electrons. The van der Waals surface area contributed by atoms with E-state index in [1.54, 1.807) is 0 Å². The van der Waals surface area contributed by atoms with Gasteiger partial charge in [0.15, 0.2) is 0 Å². The van der Waals surface area contributed by atoms with Crippen molar-refractivity contribution in [2.75, 3.05) is 39.3 Å². The first kappa shape index (κ1) is 16.8. The van der Waals surface area contributed by atoms with Gasteiger partial charge in [-0.15, -0.1) is 0 Å². The maximum atomic E-state index is 12.6. The van der Waals surface area contributed by atoms with E-state index in [2.05, 4.69) is 23.6 Å². The predicted octanol–water partition coefficient (Wildman–Crippen LogP) is 2.53. The van der Waals surface area contributed by atoms with Crippen molar-refractivity contribution in [2.45, 2.75) is 58.5 Å². The third kappa shape index (κ3) is 5.59. The number of carbonyl (C=O) groups excluding carboxylic acids is 1. The maximum Gasteiger partial charge on any atom is 0.225 e. The van der Waals surface area contributed by atoms with Crippen LogP contribution in [0.1, 0.15) is 52.4 Å². The summed E-state index contributed by atoms with van der Waals surface area (Å²) in [6.07, 6.45) is 7.32. The summed E-state index contributed by atoms with van der Waals surface area (Å²) in [6, 6.07) is 0. The molecule has 0 atom stereocenters. The van der Waals surface area contributed by atoms with Crippen LogP contribution in [0.5, 0.6) is 0 Å². The Morgan fingerprint density at radius 1 is 1.05 bits per heavy atom. The van der Waals surface area contributed by atoms with Crippen molar-refractivity contribution in [2.24, 2.45) is 5.92 Å². The van der Waals surface area contributed by atoms with E-state index in [0.29, 0.717) is 12.0 Å². The number of piperidine rings is 1. The van der Waals surface area contributed by atoms with Crippen LogP contribution in [0.15, 0.2) is 0 Å². The van der Waals surface area contributed by atoms with E-state index < -0.39 is 0 Å². The summed E-state index contributed by atoms with van der Waals surface area (Å²) < 4.78 is 5.61. The molecule has 2 aliphatic heterocycles. The molecule has 21 heavy (non-hydrogen) atoms. The number of hydrogen-bond acceptors (Lipinski definition) is 3. The molecule has 0 aromatic heterocycles. The smallest absolute Gasteiger partial charge is 0.225 e. The molecule has 0 unspecified atom stereocenters. The number of hydrogen-bond donors (Lipinski definition) is 0. The van der Waals surface area contributed by atoms with E-state index in [4.69, 9.17) is 4.74 Å². The van der Waals surface area contributed by atoms with Crippen molar-refractivity contribution in [1.82, 2.24) is 9.80 Å². The van der Waals surface area contributed by atoms with Crippen LogP contribution in [0.4, 0.5) is 0 Å². The quantitative estimate of drug-likeness (QED) is 0.781. The van der Waals surface area contributed by atoms with Gasteiger partial charge in [-0.1, -0.05) is 12.8 Å². The van der Waals surface area contributed by atoms with Crippen LogP contribution in [0.3, 0.4) is 0 Å². The topological polar surface area (TPSA) is 32.8 Å². The third-order valence-corrected chi connectivity index (χ3v) is 4.71. The number of amides is 1. The summed E-state index contributed by atoms with van der Waals surface area (Å²) in [5, 5.41) is 0. The molecule has 2 heterocycles. The zero-order valence-corrected chi connectivity index (χ0v) is 13.9. The van der Waals surface area contributed by atoms with Crippen LogP contribution in [0.2, 0.25) is 0 Å². The molecule has 0 bridgehead atoms. The van der Waals surface area contributed by atoms with Crippen molar-refractivity contribution in [3.05, 3.63) is 0 Å². The highest BCUT2D eigenvalue weighted by Gasteiger charge is 2.28. The normalized spacial score (nSPS) is 22.5. The summed E-state index contributed by atoms with van der Waals surface area (Å²) >= 11 is 0. The molecular weight excluding hydrogens is 264 g/mol. The zero-order valence-electron chi connectivity index (χ0n) is 13.9. The van der Waals surface area contributed by atoms with E-state index in [0.717, 1.165) is 52.2 Å². The van der Waals surface area contributed by atoms with Gasteiger partial charge < -0.3 is 14.5 Å². The Bertz CT molecular complexity index is 304. The number of ether oxygens (including phenoxy) is 1. The summed E-state index contributed by atoms with van der Waals surface area (Å²) in [7, 11) is 0. The molecule has 1 amide bonds. The van der Waals surface area contributed by atoms with Gasteiger partial charge in [0, 0.05) is 25.6 Å². The van der Waals surface area contributed by atoms with Gasteiger partial charge in [-0.2, -0.15) is 0 Å². The summed E-state index contributed by atoms with van der Waals surface area (Å²) in [5.74, 6) is 0.695. The molecule has 2 fully saturated rings. The van der Waals surface area contributed by atoms with E-state index in [-0.39, 0.29) is 5.92 Å². The average molecular weight is 296 g/mol. The van der Waals surface area contributed by atoms with E-state index in [1.807, 2.05) is 0 Å². The van der Waals surface area contributed by atoms with Crippen molar-refractivity contribution in [3.63, 3.8) is 0 Å². The van der Waals surface area contributed by atoms with Gasteiger partial charge in [0.25, 0.3) is 0 Å². The minimum absolute atomic E-state index is 0.269. The zero-order chi connectivity index (χ0) is 15.1. The van der Waals surface area contributed by atoms with E-state index in [9.17, 15) is 4.79 Å². The van der Waals surface area contributed by atoms with Gasteiger partial charge >= 0.3 is 0 Å². The largest absolute Gasteiger partial charge is 0.377 e. The third-order valence-electron chi connectivity index (χ3n) is 4.71. The second-order valence-corrected chi connectivity index (χ2v) is 6.77. The molecule has 2 aliphatic rings. The standard InChI is InChI=1S/C17H32N2O2/c1-15(2)21-14-13-18-11-7-16(8-12-18)17(20)19-9-5-3-4-6-10-19/h15-16H,3-14H2,1-2H3. The van der Waals surface area contributed by atoms with Crippen molar-refractivity contribution in [3.8, 4) is 0 Å². The molecule has 0 spiro atoms. The minimum Gasteiger partial charge on any atom is -0.377 e. The average Bonchev–Trinajstić information content (AvgIpc) is 2.76. The Kier molecular flexibility index (Phi) is 6.97. The second kappa shape index (κ2) is 8.74. The summed E-state index contributed by atoms with van der Waals surface area (Å²) in [5.41, 5.74) is 0. The molecule has 4 nitrogen and oxygen atoms in total. The lowest BCUT2D eigenvalue weighted by Crippen LogP contribution is -2.43. The molecule has 0 aromatic rings. The van der Waals surface area contributed by atoms with Crippen molar-refractivity contribution < 1.29 is 9.53 Å². The number of likely N-dealkylation sites (tertiary alicyclic amines) is 2. The van der Waals surface area contributed by atoms with Gasteiger partial charge in [-0.05, 0) is 52.6 Å². The lowest BCUT2D eigenvalue weighted by atomic mass is 9.95. The van der Waals surface area contributed by atoms with Gasteiger partial charge in [-0.25, -0.2) is 0 Å². The van der Waals surface area contributed by atoms with Crippen LogP contribution < -0.4 is 0 Å². The molecule has 0 aliphatic carbocycles. The molecule has 0 saturated carbocycles. The molecule has 2 saturated heterocycles. The summed E-state index contributed by atoms with van der Waals surface area (Å²) in [4.78, 5) is 17.2. The Balaban J connectivity index is 1.69. The molecular formula is C17H32N2O2. The predicted molar refractivity (Wildman–Crippen MR) is 85.3 cm³/mol. The fourth-order valence-electron chi connectivity index (χ4n) is 3.37. The fraction of sp³-hybridized carbons (Fsp3) is 0.941. The first-order chi connectivity index (χ1) is 10.2. The lowest BCUT2D eigenvalue weighted by Gasteiger charge is -2.34. The summed E-state index contributed by atoms with van der Waals surface area (Å²) in [6.45, 7) is 10.0. The highest BCUT2D eigenvalue weighted by molar-refractivity contribution is 5.79. The molecule has 0 aromatic carbocycles. The monoisotopic (exact) mass is 296 g/mol. The Morgan fingerprint density at radius 3 is 2.24 bits per heavy atom. The van der Waals surface area contributed by atoms with Crippen LogP contribution in [0.25, 0.3) is 0 Å². The Hall–Kier alpha value is -0.610. The van der Waals surface area contributed by atoms with Gasteiger partial charge in [-0.3, -0.25) is 4.79 Å². The fourth-order valence-corrected chi connectivity index (χ4v) is 3.37. The molecule has 0 N–H and O–H groups in total. The minimum atomic E-state index is 0.269. The highest BCUT2D eigenvalue weighted by atomic mass is 16.5. The van der Waals surface area contributed by atoms with Gasteiger partial charge in [0.05, 0.1) is 12.7 Å². The molecule has 4 heteroatoms. The van der Waals surface area contributed by atoms with Gasteiger partial charge in [0.2, 0.25) is 5.91 Å². The first-order valence-electron chi connectivity index (χ1n) is 8.79. The van der Waals surface area contributed by atoms with E-state index >= 15 is 0 Å². The Labute approximate surface area is 129 Å². The second-order valence-electron chi connectivity index (χ2n) is 6.77. The Morgan fingerprint density at radius 2 is 1.67 bits per heavy atom. The molecule has 2 rings (SSSR count). The number of carbonyl (C=O) groups is 1. The van der Waals surface area contributed by atoms with Crippen molar-refractivity contribution in [1.29, 1.82) is 0 Å². The van der Waals surface area contributed by atoms with Gasteiger partial charge in [0.1, 0.15) is 0 Å². The van der Waals surface area contributed by atoms with Crippen LogP contribution in [-0.4, -0.2) is 61.1 Å². The highest BCUT2D eigenvalue weighted by Crippen LogP contribution is 2.21. The maximum absolute atomic E-state index is 12.6. The lowest BCUT2D eigenvalue weighted by molar-refractivity contribution is -0.137.